The van der Waals surface area contributed by atoms with Crippen molar-refractivity contribution in [1.29, 1.82) is 0 Å². The Morgan fingerprint density at radius 1 is 1.20 bits per heavy atom. The Morgan fingerprint density at radius 2 is 1.95 bits per heavy atom. The van der Waals surface area contributed by atoms with Gasteiger partial charge in [0.05, 0.1) is 13.2 Å². The molecule has 0 aromatic heterocycles. The first-order valence-electron chi connectivity index (χ1n) is 7.68. The Kier molecular flexibility index (Phi) is 4.43. The quantitative estimate of drug-likeness (QED) is 0.883. The number of nitrogens with zero attached hydrogens (tertiary/aromatic N) is 1. The van der Waals surface area contributed by atoms with E-state index in [4.69, 9.17) is 4.74 Å². The Morgan fingerprint density at radius 3 is 2.70 bits per heavy atom. The monoisotopic (exact) mass is 276 g/mol. The maximum Gasteiger partial charge on any atom is 0.118 e. The molecule has 0 radical (unpaired) electrons. The SMILES string of the molecule is Oc1ccc(N2CCOCC2)cc1CC1CCNCC1. The third-order valence-corrected chi connectivity index (χ3v) is 4.41. The first-order valence-corrected chi connectivity index (χ1v) is 7.68. The van der Waals surface area contributed by atoms with Crippen LogP contribution in [0, 0.1) is 5.92 Å². The van der Waals surface area contributed by atoms with Crippen LogP contribution in [0.25, 0.3) is 0 Å². The fourth-order valence-electron chi connectivity index (χ4n) is 3.15. The zero-order chi connectivity index (χ0) is 13.8. The van der Waals surface area contributed by atoms with Crippen LogP contribution < -0.4 is 10.2 Å². The van der Waals surface area contributed by atoms with Crippen molar-refractivity contribution < 1.29 is 9.84 Å². The number of piperidine rings is 1. The van der Waals surface area contributed by atoms with Crippen molar-refractivity contribution in [3.63, 3.8) is 0 Å². The van der Waals surface area contributed by atoms with E-state index in [-0.39, 0.29) is 0 Å². The molecule has 2 fully saturated rings. The number of aromatic hydroxyl groups is 1. The lowest BCUT2D eigenvalue weighted by Crippen LogP contribution is -2.36. The highest BCUT2D eigenvalue weighted by atomic mass is 16.5. The molecule has 20 heavy (non-hydrogen) atoms. The van der Waals surface area contributed by atoms with Crippen LogP contribution >= 0.6 is 0 Å². The molecule has 4 heteroatoms. The van der Waals surface area contributed by atoms with Gasteiger partial charge < -0.3 is 20.1 Å². The minimum Gasteiger partial charge on any atom is -0.508 e. The molecule has 1 aromatic rings. The molecule has 2 aliphatic rings. The topological polar surface area (TPSA) is 44.7 Å². The zero-order valence-electron chi connectivity index (χ0n) is 12.0. The molecule has 0 atom stereocenters. The highest BCUT2D eigenvalue weighted by Crippen LogP contribution is 2.29. The molecule has 2 N–H and O–H groups in total. The van der Waals surface area contributed by atoms with Crippen LogP contribution in [0.15, 0.2) is 18.2 Å². The van der Waals surface area contributed by atoms with Gasteiger partial charge in [0, 0.05) is 18.8 Å². The number of benzene rings is 1. The van der Waals surface area contributed by atoms with Gasteiger partial charge in [-0.15, -0.1) is 0 Å². The zero-order valence-corrected chi connectivity index (χ0v) is 12.0. The van der Waals surface area contributed by atoms with Crippen molar-refractivity contribution in [2.24, 2.45) is 5.92 Å². The molecule has 0 aliphatic carbocycles. The standard InChI is InChI=1S/C16H24N2O2/c19-16-2-1-15(18-7-9-20-10-8-18)12-14(16)11-13-3-5-17-6-4-13/h1-2,12-13,17,19H,3-11H2. The van der Waals surface area contributed by atoms with Crippen LogP contribution in [0.3, 0.4) is 0 Å². The Hall–Kier alpha value is -1.26. The van der Waals surface area contributed by atoms with Crippen molar-refractivity contribution in [1.82, 2.24) is 5.32 Å². The summed E-state index contributed by atoms with van der Waals surface area (Å²) >= 11 is 0. The van der Waals surface area contributed by atoms with E-state index in [9.17, 15) is 5.11 Å². The number of hydrogen-bond acceptors (Lipinski definition) is 4. The minimum absolute atomic E-state index is 0.445. The van der Waals surface area contributed by atoms with Crippen LogP contribution in [0.5, 0.6) is 5.75 Å². The summed E-state index contributed by atoms with van der Waals surface area (Å²) in [5.74, 6) is 1.14. The van der Waals surface area contributed by atoms with Crippen LogP contribution in [0.2, 0.25) is 0 Å². The van der Waals surface area contributed by atoms with Gasteiger partial charge in [-0.3, -0.25) is 0 Å². The maximum absolute atomic E-state index is 10.1. The number of ether oxygens (including phenoxy) is 1. The number of rotatable bonds is 3. The van der Waals surface area contributed by atoms with Gasteiger partial charge in [0.2, 0.25) is 0 Å². The number of nitrogens with one attached hydrogen (secondary N) is 1. The summed E-state index contributed by atoms with van der Waals surface area (Å²) < 4.78 is 5.40. The third kappa shape index (κ3) is 3.25. The van der Waals surface area contributed by atoms with Gasteiger partial charge in [0.15, 0.2) is 0 Å². The molecule has 0 spiro atoms. The average Bonchev–Trinajstić information content (AvgIpc) is 2.51. The summed E-state index contributed by atoms with van der Waals surface area (Å²) in [4.78, 5) is 2.34. The number of hydrogen-bond donors (Lipinski definition) is 2. The molecule has 4 nitrogen and oxygen atoms in total. The smallest absolute Gasteiger partial charge is 0.118 e. The molecule has 110 valence electrons. The van der Waals surface area contributed by atoms with Crippen molar-refractivity contribution in [2.75, 3.05) is 44.3 Å². The van der Waals surface area contributed by atoms with Crippen LogP contribution in [-0.2, 0) is 11.2 Å². The average molecular weight is 276 g/mol. The summed E-state index contributed by atoms with van der Waals surface area (Å²) in [6, 6.07) is 6.04. The van der Waals surface area contributed by atoms with Crippen molar-refractivity contribution in [3.8, 4) is 5.75 Å². The lowest BCUT2D eigenvalue weighted by atomic mass is 9.90. The second-order valence-corrected chi connectivity index (χ2v) is 5.81. The van der Waals surface area contributed by atoms with Gasteiger partial charge >= 0.3 is 0 Å². The molecule has 2 saturated heterocycles. The fraction of sp³-hybridized carbons (Fsp3) is 0.625. The van der Waals surface area contributed by atoms with Gasteiger partial charge in [0.1, 0.15) is 5.75 Å². The fourth-order valence-corrected chi connectivity index (χ4v) is 3.15. The molecule has 0 amide bonds. The van der Waals surface area contributed by atoms with Gasteiger partial charge in [-0.05, 0) is 62.0 Å². The van der Waals surface area contributed by atoms with Crippen molar-refractivity contribution in [2.45, 2.75) is 19.3 Å². The summed E-state index contributed by atoms with van der Waals surface area (Å²) in [6.45, 7) is 5.69. The third-order valence-electron chi connectivity index (χ3n) is 4.41. The van der Waals surface area contributed by atoms with Crippen LogP contribution in [0.1, 0.15) is 18.4 Å². The number of phenolic OH excluding ortho intramolecular Hbond substituents is 1. The molecule has 0 saturated carbocycles. The van der Waals surface area contributed by atoms with E-state index in [1.54, 1.807) is 0 Å². The molecule has 0 bridgehead atoms. The van der Waals surface area contributed by atoms with Crippen molar-refractivity contribution in [3.05, 3.63) is 23.8 Å². The van der Waals surface area contributed by atoms with Gasteiger partial charge in [-0.2, -0.15) is 0 Å². The number of phenols is 1. The molecule has 1 aromatic carbocycles. The van der Waals surface area contributed by atoms with E-state index in [0.717, 1.165) is 51.4 Å². The van der Waals surface area contributed by atoms with Gasteiger partial charge in [-0.25, -0.2) is 0 Å². The van der Waals surface area contributed by atoms with Gasteiger partial charge in [0.25, 0.3) is 0 Å². The molecule has 2 heterocycles. The predicted octanol–water partition coefficient (Wildman–Crippen LogP) is 1.77. The normalized spacial score (nSPS) is 21.1. The number of morpholine rings is 1. The summed E-state index contributed by atoms with van der Waals surface area (Å²) in [5, 5.41) is 13.5. The summed E-state index contributed by atoms with van der Waals surface area (Å²) in [6.07, 6.45) is 3.41. The Balaban J connectivity index is 1.72. The van der Waals surface area contributed by atoms with E-state index >= 15 is 0 Å². The Bertz CT molecular complexity index is 438. The first kappa shape index (κ1) is 13.7. The predicted molar refractivity (Wildman–Crippen MR) is 80.4 cm³/mol. The van der Waals surface area contributed by atoms with Crippen LogP contribution in [0.4, 0.5) is 5.69 Å². The lowest BCUT2D eigenvalue weighted by molar-refractivity contribution is 0.122. The summed E-state index contributed by atoms with van der Waals surface area (Å²) in [7, 11) is 0. The molecular weight excluding hydrogens is 252 g/mol. The molecule has 2 aliphatic heterocycles. The second-order valence-electron chi connectivity index (χ2n) is 5.81. The number of anilines is 1. The minimum atomic E-state index is 0.445. The largest absolute Gasteiger partial charge is 0.508 e. The van der Waals surface area contributed by atoms with E-state index in [0.29, 0.717) is 11.7 Å². The van der Waals surface area contributed by atoms with E-state index < -0.39 is 0 Å². The van der Waals surface area contributed by atoms with E-state index in [1.165, 1.54) is 18.5 Å². The van der Waals surface area contributed by atoms with Gasteiger partial charge in [-0.1, -0.05) is 0 Å². The second kappa shape index (κ2) is 6.46. The van der Waals surface area contributed by atoms with Crippen LogP contribution in [-0.4, -0.2) is 44.5 Å². The molecular formula is C16H24N2O2. The highest BCUT2D eigenvalue weighted by molar-refractivity contribution is 5.53. The van der Waals surface area contributed by atoms with Crippen molar-refractivity contribution >= 4 is 5.69 Å². The first-order chi connectivity index (χ1) is 9.83. The Labute approximate surface area is 120 Å². The lowest BCUT2D eigenvalue weighted by Gasteiger charge is -2.30. The summed E-state index contributed by atoms with van der Waals surface area (Å²) in [5.41, 5.74) is 2.32. The maximum atomic E-state index is 10.1. The highest BCUT2D eigenvalue weighted by Gasteiger charge is 2.17. The van der Waals surface area contributed by atoms with E-state index in [2.05, 4.69) is 16.3 Å². The van der Waals surface area contributed by atoms with E-state index in [1.807, 2.05) is 12.1 Å². The molecule has 0 unspecified atom stereocenters. The molecule has 3 rings (SSSR count).